The summed E-state index contributed by atoms with van der Waals surface area (Å²) in [5, 5.41) is 2.67. The van der Waals surface area contributed by atoms with E-state index in [1.807, 2.05) is 39.0 Å². The molecule has 0 aliphatic rings. The molecule has 0 spiro atoms. The highest BCUT2D eigenvalue weighted by atomic mass is 35.5. The summed E-state index contributed by atoms with van der Waals surface area (Å²) in [7, 11) is -3.77. The SMILES string of the molecule is CCC(NC(=O)CN(c1ccc(F)c(Cl)c1)S(C)(=O)=O)c1ccc(C)cc1C. The van der Waals surface area contributed by atoms with E-state index in [9.17, 15) is 17.6 Å². The number of rotatable bonds is 7. The van der Waals surface area contributed by atoms with Crippen LogP contribution >= 0.6 is 11.6 Å². The number of benzene rings is 2. The molecule has 2 aromatic carbocycles. The van der Waals surface area contributed by atoms with Crippen LogP contribution < -0.4 is 9.62 Å². The normalized spacial score (nSPS) is 12.5. The summed E-state index contributed by atoms with van der Waals surface area (Å²) in [5.74, 6) is -1.12. The van der Waals surface area contributed by atoms with Crippen LogP contribution in [-0.4, -0.2) is 27.1 Å². The average molecular weight is 427 g/mol. The lowest BCUT2D eigenvalue weighted by molar-refractivity contribution is -0.120. The van der Waals surface area contributed by atoms with E-state index in [4.69, 9.17) is 11.6 Å². The molecule has 1 N–H and O–H groups in total. The van der Waals surface area contributed by atoms with E-state index in [2.05, 4.69) is 5.32 Å². The van der Waals surface area contributed by atoms with Gasteiger partial charge in [-0.3, -0.25) is 9.10 Å². The number of amides is 1. The number of sulfonamides is 1. The Kier molecular flexibility index (Phi) is 7.06. The van der Waals surface area contributed by atoms with E-state index in [0.717, 1.165) is 33.3 Å². The van der Waals surface area contributed by atoms with Gasteiger partial charge in [0.25, 0.3) is 0 Å². The van der Waals surface area contributed by atoms with Gasteiger partial charge in [0.1, 0.15) is 12.4 Å². The Morgan fingerprint density at radius 3 is 2.43 bits per heavy atom. The lowest BCUT2D eigenvalue weighted by Gasteiger charge is -2.25. The predicted molar refractivity (Wildman–Crippen MR) is 111 cm³/mol. The van der Waals surface area contributed by atoms with Crippen molar-refractivity contribution in [3.63, 3.8) is 0 Å². The second-order valence-electron chi connectivity index (χ2n) is 6.76. The van der Waals surface area contributed by atoms with Gasteiger partial charge in [-0.15, -0.1) is 0 Å². The number of carbonyl (C=O) groups excluding carboxylic acids is 1. The first-order chi connectivity index (χ1) is 13.0. The van der Waals surface area contributed by atoms with Crippen molar-refractivity contribution in [1.29, 1.82) is 0 Å². The van der Waals surface area contributed by atoms with Crippen molar-refractivity contribution in [2.45, 2.75) is 33.2 Å². The minimum atomic E-state index is -3.77. The first kappa shape index (κ1) is 22.2. The monoisotopic (exact) mass is 426 g/mol. The van der Waals surface area contributed by atoms with Crippen LogP contribution in [0, 0.1) is 19.7 Å². The van der Waals surface area contributed by atoms with Gasteiger partial charge in [-0.1, -0.05) is 42.3 Å². The molecule has 0 aliphatic heterocycles. The molecule has 0 aliphatic carbocycles. The van der Waals surface area contributed by atoms with E-state index in [-0.39, 0.29) is 16.8 Å². The van der Waals surface area contributed by atoms with Gasteiger partial charge < -0.3 is 5.32 Å². The summed E-state index contributed by atoms with van der Waals surface area (Å²) < 4.78 is 38.7. The molecule has 1 amide bonds. The predicted octanol–water partition coefficient (Wildman–Crippen LogP) is 4.13. The molecule has 2 aromatic rings. The summed E-state index contributed by atoms with van der Waals surface area (Å²) in [4.78, 5) is 12.6. The molecule has 2 rings (SSSR count). The molecule has 0 bridgehead atoms. The molecule has 0 heterocycles. The number of hydrogen-bond acceptors (Lipinski definition) is 3. The molecule has 0 fully saturated rings. The molecule has 0 aromatic heterocycles. The Balaban J connectivity index is 2.24. The van der Waals surface area contributed by atoms with Crippen molar-refractivity contribution in [2.24, 2.45) is 0 Å². The fourth-order valence-corrected chi connectivity index (χ4v) is 4.05. The second-order valence-corrected chi connectivity index (χ2v) is 9.07. The lowest BCUT2D eigenvalue weighted by Crippen LogP contribution is -2.41. The Hall–Kier alpha value is -2.12. The van der Waals surface area contributed by atoms with Crippen molar-refractivity contribution in [2.75, 3.05) is 17.1 Å². The van der Waals surface area contributed by atoms with E-state index in [0.29, 0.717) is 6.42 Å². The smallest absolute Gasteiger partial charge is 0.241 e. The average Bonchev–Trinajstić information content (AvgIpc) is 2.59. The van der Waals surface area contributed by atoms with Gasteiger partial charge in [0.15, 0.2) is 0 Å². The maximum atomic E-state index is 13.4. The van der Waals surface area contributed by atoms with Gasteiger partial charge in [0.2, 0.25) is 15.9 Å². The minimum Gasteiger partial charge on any atom is -0.348 e. The standard InChI is InChI=1S/C20H24ClFN2O3S/c1-5-19(16-8-6-13(2)10-14(16)3)23-20(25)12-24(28(4,26)27)15-7-9-18(22)17(21)11-15/h6-11,19H,5,12H2,1-4H3,(H,23,25). The molecule has 1 unspecified atom stereocenters. The highest BCUT2D eigenvalue weighted by molar-refractivity contribution is 7.92. The second kappa shape index (κ2) is 8.92. The van der Waals surface area contributed by atoms with Crippen LogP contribution in [-0.2, 0) is 14.8 Å². The molecule has 0 radical (unpaired) electrons. The molecule has 8 heteroatoms. The van der Waals surface area contributed by atoms with Crippen LogP contribution in [0.25, 0.3) is 0 Å². The number of aryl methyl sites for hydroxylation is 2. The van der Waals surface area contributed by atoms with E-state index < -0.39 is 28.3 Å². The van der Waals surface area contributed by atoms with Crippen molar-refractivity contribution in [1.82, 2.24) is 5.32 Å². The fraction of sp³-hybridized carbons (Fsp3) is 0.350. The van der Waals surface area contributed by atoms with Crippen molar-refractivity contribution in [3.05, 3.63) is 63.9 Å². The topological polar surface area (TPSA) is 66.5 Å². The van der Waals surface area contributed by atoms with Crippen LogP contribution in [0.1, 0.15) is 36.1 Å². The number of anilines is 1. The third kappa shape index (κ3) is 5.45. The van der Waals surface area contributed by atoms with Crippen molar-refractivity contribution >= 4 is 33.2 Å². The maximum Gasteiger partial charge on any atom is 0.241 e. The Morgan fingerprint density at radius 2 is 1.89 bits per heavy atom. The van der Waals surface area contributed by atoms with Gasteiger partial charge in [0.05, 0.1) is 23.0 Å². The van der Waals surface area contributed by atoms with E-state index in [1.165, 1.54) is 12.1 Å². The van der Waals surface area contributed by atoms with Gasteiger partial charge in [0, 0.05) is 0 Å². The van der Waals surface area contributed by atoms with Crippen LogP contribution in [0.2, 0.25) is 5.02 Å². The van der Waals surface area contributed by atoms with Gasteiger partial charge >= 0.3 is 0 Å². The first-order valence-corrected chi connectivity index (χ1v) is 11.0. The van der Waals surface area contributed by atoms with Gasteiger partial charge in [-0.2, -0.15) is 0 Å². The summed E-state index contributed by atoms with van der Waals surface area (Å²) in [6.45, 7) is 5.48. The number of hydrogen-bond donors (Lipinski definition) is 1. The largest absolute Gasteiger partial charge is 0.348 e. The van der Waals surface area contributed by atoms with E-state index >= 15 is 0 Å². The van der Waals surface area contributed by atoms with Crippen LogP contribution in [0.15, 0.2) is 36.4 Å². The fourth-order valence-electron chi connectivity index (χ4n) is 3.03. The number of carbonyl (C=O) groups is 1. The van der Waals surface area contributed by atoms with Gasteiger partial charge in [-0.05, 0) is 49.6 Å². The molecule has 0 saturated heterocycles. The Labute approximate surface area is 170 Å². The van der Waals surface area contributed by atoms with Crippen LogP contribution in [0.4, 0.5) is 10.1 Å². The Bertz CT molecular complexity index is 979. The van der Waals surface area contributed by atoms with E-state index in [1.54, 1.807) is 0 Å². The molecular formula is C20H24ClFN2O3S. The highest BCUT2D eigenvalue weighted by Crippen LogP contribution is 2.25. The van der Waals surface area contributed by atoms with Crippen molar-refractivity contribution in [3.8, 4) is 0 Å². The molecule has 152 valence electrons. The van der Waals surface area contributed by atoms with Crippen molar-refractivity contribution < 1.29 is 17.6 Å². The Morgan fingerprint density at radius 1 is 1.21 bits per heavy atom. The minimum absolute atomic E-state index is 0.128. The van der Waals surface area contributed by atoms with Crippen LogP contribution in [0.5, 0.6) is 0 Å². The zero-order valence-electron chi connectivity index (χ0n) is 16.3. The number of nitrogens with one attached hydrogen (secondary N) is 1. The zero-order valence-corrected chi connectivity index (χ0v) is 17.9. The third-order valence-corrected chi connectivity index (χ3v) is 5.85. The third-order valence-electron chi connectivity index (χ3n) is 4.42. The summed E-state index contributed by atoms with van der Waals surface area (Å²) in [6.07, 6.45) is 1.63. The summed E-state index contributed by atoms with van der Waals surface area (Å²) in [5.41, 5.74) is 3.29. The number of halogens is 2. The summed E-state index contributed by atoms with van der Waals surface area (Å²) >= 11 is 5.76. The number of nitrogens with zero attached hydrogens (tertiary/aromatic N) is 1. The van der Waals surface area contributed by atoms with Crippen LogP contribution in [0.3, 0.4) is 0 Å². The first-order valence-electron chi connectivity index (χ1n) is 8.82. The summed E-state index contributed by atoms with van der Waals surface area (Å²) in [6, 6.07) is 9.26. The van der Waals surface area contributed by atoms with Gasteiger partial charge in [-0.25, -0.2) is 12.8 Å². The molecular weight excluding hydrogens is 403 g/mol. The lowest BCUT2D eigenvalue weighted by atomic mass is 9.97. The molecule has 1 atom stereocenters. The maximum absolute atomic E-state index is 13.4. The zero-order chi connectivity index (χ0) is 21.1. The quantitative estimate of drug-likeness (QED) is 0.723. The molecule has 0 saturated carbocycles. The molecule has 28 heavy (non-hydrogen) atoms. The highest BCUT2D eigenvalue weighted by Gasteiger charge is 2.23. The molecule has 5 nitrogen and oxygen atoms in total.